The summed E-state index contributed by atoms with van der Waals surface area (Å²) in [5, 5.41) is 0.713. The second-order valence-corrected chi connectivity index (χ2v) is 3.88. The van der Waals surface area contributed by atoms with Gasteiger partial charge >= 0.3 is 0 Å². The Morgan fingerprint density at radius 2 is 1.90 bits per heavy atom. The Morgan fingerprint density at radius 3 is 2.10 bits per heavy atom. The van der Waals surface area contributed by atoms with E-state index in [4.69, 9.17) is 11.6 Å². The first-order valence-corrected chi connectivity index (χ1v) is 3.73. The van der Waals surface area contributed by atoms with Crippen LogP contribution < -0.4 is 0 Å². The van der Waals surface area contributed by atoms with Crippen LogP contribution in [0.5, 0.6) is 0 Å². The van der Waals surface area contributed by atoms with Crippen molar-refractivity contribution in [2.45, 2.75) is 26.2 Å². The highest BCUT2D eigenvalue weighted by molar-refractivity contribution is 6.29. The summed E-state index contributed by atoms with van der Waals surface area (Å²) in [6.45, 7) is 6.44. The van der Waals surface area contributed by atoms with Crippen LogP contribution in [0.4, 0.5) is 0 Å². The van der Waals surface area contributed by atoms with Crippen molar-refractivity contribution in [3.63, 3.8) is 0 Å². The van der Waals surface area contributed by atoms with E-state index in [2.05, 4.69) is 25.8 Å². The Kier molecular flexibility index (Phi) is 1.78. The van der Waals surface area contributed by atoms with E-state index >= 15 is 0 Å². The van der Waals surface area contributed by atoms with Gasteiger partial charge < -0.3 is 4.98 Å². The molecule has 56 valence electrons. The molecule has 0 aromatic carbocycles. The molecule has 1 nitrogen and oxygen atoms in total. The van der Waals surface area contributed by atoms with Crippen molar-refractivity contribution >= 4 is 11.6 Å². The van der Waals surface area contributed by atoms with Gasteiger partial charge in [0, 0.05) is 11.1 Å². The lowest BCUT2D eigenvalue weighted by atomic mass is 9.93. The summed E-state index contributed by atoms with van der Waals surface area (Å²) in [5.74, 6) is 0. The number of H-pyrrole nitrogens is 1. The van der Waals surface area contributed by atoms with E-state index in [9.17, 15) is 0 Å². The minimum Gasteiger partial charge on any atom is -0.349 e. The predicted molar refractivity (Wildman–Crippen MR) is 44.5 cm³/mol. The summed E-state index contributed by atoms with van der Waals surface area (Å²) < 4.78 is 0. The third kappa shape index (κ3) is 1.54. The molecule has 0 bridgehead atoms. The minimum atomic E-state index is 0.174. The van der Waals surface area contributed by atoms with Gasteiger partial charge in [-0.25, -0.2) is 0 Å². The molecular formula is C8H12ClN. The van der Waals surface area contributed by atoms with Crippen molar-refractivity contribution in [3.8, 4) is 0 Å². The van der Waals surface area contributed by atoms with Gasteiger partial charge in [-0.1, -0.05) is 32.4 Å². The van der Waals surface area contributed by atoms with Crippen molar-refractivity contribution in [1.82, 2.24) is 4.98 Å². The quantitative estimate of drug-likeness (QED) is 0.596. The molecule has 1 rings (SSSR count). The van der Waals surface area contributed by atoms with Crippen molar-refractivity contribution in [2.75, 3.05) is 0 Å². The first-order chi connectivity index (χ1) is 4.50. The van der Waals surface area contributed by atoms with E-state index in [1.165, 1.54) is 5.69 Å². The second kappa shape index (κ2) is 2.31. The van der Waals surface area contributed by atoms with Crippen molar-refractivity contribution in [2.24, 2.45) is 0 Å². The molecule has 0 amide bonds. The van der Waals surface area contributed by atoms with Crippen LogP contribution in [-0.2, 0) is 5.41 Å². The van der Waals surface area contributed by atoms with Gasteiger partial charge in [0.15, 0.2) is 0 Å². The van der Waals surface area contributed by atoms with Gasteiger partial charge in [0.2, 0.25) is 0 Å². The number of aromatic amines is 1. The summed E-state index contributed by atoms with van der Waals surface area (Å²) in [6.07, 6.45) is 0. The van der Waals surface area contributed by atoms with Crippen molar-refractivity contribution in [3.05, 3.63) is 23.0 Å². The largest absolute Gasteiger partial charge is 0.349 e. The van der Waals surface area contributed by atoms with E-state index in [-0.39, 0.29) is 5.41 Å². The number of rotatable bonds is 0. The molecule has 0 radical (unpaired) electrons. The van der Waals surface area contributed by atoms with E-state index in [1.807, 2.05) is 12.1 Å². The molecule has 1 heterocycles. The Labute approximate surface area is 66.4 Å². The zero-order valence-corrected chi connectivity index (χ0v) is 7.29. The van der Waals surface area contributed by atoms with Crippen LogP contribution in [0.2, 0.25) is 5.15 Å². The third-order valence-electron chi connectivity index (χ3n) is 1.46. The first-order valence-electron chi connectivity index (χ1n) is 3.35. The molecule has 0 atom stereocenters. The molecule has 0 aliphatic heterocycles. The zero-order valence-electron chi connectivity index (χ0n) is 6.53. The molecule has 1 N–H and O–H groups in total. The van der Waals surface area contributed by atoms with Crippen molar-refractivity contribution in [1.29, 1.82) is 0 Å². The fourth-order valence-electron chi connectivity index (χ4n) is 0.806. The fourth-order valence-corrected chi connectivity index (χ4v) is 0.971. The lowest BCUT2D eigenvalue weighted by Crippen LogP contribution is -2.10. The molecule has 0 saturated heterocycles. The molecule has 0 aliphatic carbocycles. The maximum absolute atomic E-state index is 5.71. The maximum atomic E-state index is 5.71. The van der Waals surface area contributed by atoms with Crippen LogP contribution in [0.15, 0.2) is 12.1 Å². The summed E-state index contributed by atoms with van der Waals surface area (Å²) in [6, 6.07) is 3.89. The third-order valence-corrected chi connectivity index (χ3v) is 1.68. The fraction of sp³-hybridized carbons (Fsp3) is 0.500. The monoisotopic (exact) mass is 157 g/mol. The first kappa shape index (κ1) is 7.67. The highest BCUT2D eigenvalue weighted by Crippen LogP contribution is 2.22. The molecule has 1 aromatic rings. The Hall–Kier alpha value is -0.430. The van der Waals surface area contributed by atoms with E-state index in [1.54, 1.807) is 0 Å². The number of nitrogens with one attached hydrogen (secondary N) is 1. The van der Waals surface area contributed by atoms with Gasteiger partial charge in [-0.3, -0.25) is 0 Å². The molecule has 0 saturated carbocycles. The van der Waals surface area contributed by atoms with Gasteiger partial charge in [0.05, 0.1) is 0 Å². The lowest BCUT2D eigenvalue weighted by Gasteiger charge is -2.15. The highest BCUT2D eigenvalue weighted by Gasteiger charge is 2.14. The van der Waals surface area contributed by atoms with Crippen LogP contribution in [0, 0.1) is 0 Å². The molecule has 0 spiro atoms. The predicted octanol–water partition coefficient (Wildman–Crippen LogP) is 2.97. The number of hydrogen-bond donors (Lipinski definition) is 1. The average molecular weight is 158 g/mol. The molecular weight excluding hydrogens is 146 g/mol. The zero-order chi connectivity index (χ0) is 7.78. The number of halogens is 1. The SMILES string of the molecule is CC(C)(C)c1ccc(Cl)[nH]1. The number of hydrogen-bond acceptors (Lipinski definition) is 0. The molecule has 10 heavy (non-hydrogen) atoms. The topological polar surface area (TPSA) is 15.8 Å². The van der Waals surface area contributed by atoms with Gasteiger partial charge in [-0.05, 0) is 12.1 Å². The van der Waals surface area contributed by atoms with Crippen LogP contribution in [-0.4, -0.2) is 4.98 Å². The van der Waals surface area contributed by atoms with E-state index < -0.39 is 0 Å². The summed E-state index contributed by atoms with van der Waals surface area (Å²) >= 11 is 5.71. The van der Waals surface area contributed by atoms with Gasteiger partial charge in [-0.2, -0.15) is 0 Å². The highest BCUT2D eigenvalue weighted by atomic mass is 35.5. The average Bonchev–Trinajstić information content (AvgIpc) is 2.11. The molecule has 0 fully saturated rings. The Morgan fingerprint density at radius 1 is 1.30 bits per heavy atom. The van der Waals surface area contributed by atoms with Gasteiger partial charge in [-0.15, -0.1) is 0 Å². The molecule has 0 unspecified atom stereocenters. The molecule has 2 heteroatoms. The van der Waals surface area contributed by atoms with Crippen LogP contribution in [0.3, 0.4) is 0 Å². The lowest BCUT2D eigenvalue weighted by molar-refractivity contribution is 0.573. The second-order valence-electron chi connectivity index (χ2n) is 3.47. The molecule has 0 aliphatic rings. The van der Waals surface area contributed by atoms with E-state index in [0.717, 1.165) is 0 Å². The van der Waals surface area contributed by atoms with Crippen LogP contribution in [0.25, 0.3) is 0 Å². The number of aromatic nitrogens is 1. The minimum absolute atomic E-state index is 0.174. The van der Waals surface area contributed by atoms with Gasteiger partial charge in [0.1, 0.15) is 5.15 Å². The van der Waals surface area contributed by atoms with Crippen molar-refractivity contribution < 1.29 is 0 Å². The summed E-state index contributed by atoms with van der Waals surface area (Å²) in [5.41, 5.74) is 1.35. The Balaban J connectivity index is 2.96. The maximum Gasteiger partial charge on any atom is 0.106 e. The van der Waals surface area contributed by atoms with Crippen LogP contribution >= 0.6 is 11.6 Å². The molecule has 1 aromatic heterocycles. The summed E-state index contributed by atoms with van der Waals surface area (Å²) in [4.78, 5) is 3.08. The Bertz CT molecular complexity index is 219. The smallest absolute Gasteiger partial charge is 0.106 e. The van der Waals surface area contributed by atoms with E-state index in [0.29, 0.717) is 5.15 Å². The van der Waals surface area contributed by atoms with Gasteiger partial charge in [0.25, 0.3) is 0 Å². The normalized spacial score (nSPS) is 12.0. The summed E-state index contributed by atoms with van der Waals surface area (Å²) in [7, 11) is 0. The standard InChI is InChI=1S/C8H12ClN/c1-8(2,3)6-4-5-7(9)10-6/h4-5,10H,1-3H3. The van der Waals surface area contributed by atoms with Crippen LogP contribution in [0.1, 0.15) is 26.5 Å².